The first-order valence-corrected chi connectivity index (χ1v) is 10.3. The molecule has 2 nitrogen and oxygen atoms in total. The minimum Gasteiger partial charge on any atom is -0.325 e. The molecule has 0 aliphatic carbocycles. The largest absolute Gasteiger partial charge is 0.325 e. The van der Waals surface area contributed by atoms with Crippen molar-refractivity contribution in [1.29, 1.82) is 0 Å². The Morgan fingerprint density at radius 3 is 1.29 bits per heavy atom. The molecule has 0 bridgehead atoms. The van der Waals surface area contributed by atoms with Crippen LogP contribution in [0.3, 0.4) is 0 Å². The SMILES string of the molecule is Pn1c2ccccc2c2cc(-c3ccc4c(c3)c3ccccc3n4P)ccc21. The lowest BCUT2D eigenvalue weighted by molar-refractivity contribution is 1.42. The highest BCUT2D eigenvalue weighted by molar-refractivity contribution is 7.15. The lowest BCUT2D eigenvalue weighted by atomic mass is 10.0. The zero-order chi connectivity index (χ0) is 18.8. The van der Waals surface area contributed by atoms with Gasteiger partial charge < -0.3 is 8.68 Å². The number of para-hydroxylation sites is 2. The van der Waals surface area contributed by atoms with Gasteiger partial charge in [0, 0.05) is 21.5 Å². The maximum absolute atomic E-state index is 2.84. The van der Waals surface area contributed by atoms with Crippen LogP contribution in [0.4, 0.5) is 0 Å². The van der Waals surface area contributed by atoms with E-state index in [0.29, 0.717) is 0 Å². The Morgan fingerprint density at radius 2 is 0.821 bits per heavy atom. The van der Waals surface area contributed by atoms with E-state index in [1.165, 1.54) is 54.7 Å². The number of benzene rings is 4. The molecule has 2 heterocycles. The van der Waals surface area contributed by atoms with E-state index in [-0.39, 0.29) is 0 Å². The highest BCUT2D eigenvalue weighted by Crippen LogP contribution is 2.36. The van der Waals surface area contributed by atoms with Gasteiger partial charge in [0.25, 0.3) is 0 Å². The summed E-state index contributed by atoms with van der Waals surface area (Å²) in [4.78, 5) is 0. The molecule has 2 atom stereocenters. The monoisotopic (exact) mass is 396 g/mol. The van der Waals surface area contributed by atoms with Gasteiger partial charge in [-0.1, -0.05) is 48.5 Å². The Hall–Kier alpha value is -2.66. The number of rotatable bonds is 1. The van der Waals surface area contributed by atoms with E-state index in [2.05, 4.69) is 112 Å². The first-order chi connectivity index (χ1) is 13.7. The highest BCUT2D eigenvalue weighted by atomic mass is 31.0. The van der Waals surface area contributed by atoms with Crippen LogP contribution in [0.5, 0.6) is 0 Å². The fourth-order valence-corrected chi connectivity index (χ4v) is 5.27. The first-order valence-electron chi connectivity index (χ1n) is 9.29. The average molecular weight is 396 g/mol. The summed E-state index contributed by atoms with van der Waals surface area (Å²) in [5, 5.41) is 5.15. The Kier molecular flexibility index (Phi) is 3.45. The van der Waals surface area contributed by atoms with Gasteiger partial charge in [-0.2, -0.15) is 0 Å². The average Bonchev–Trinajstić information content (AvgIpc) is 3.20. The smallest absolute Gasteiger partial charge is 0.0521 e. The van der Waals surface area contributed by atoms with Crippen LogP contribution >= 0.6 is 18.8 Å². The molecular weight excluding hydrogens is 378 g/mol. The summed E-state index contributed by atoms with van der Waals surface area (Å²) in [5.74, 6) is 0. The molecule has 4 aromatic carbocycles. The van der Waals surface area contributed by atoms with Crippen molar-refractivity contribution in [2.24, 2.45) is 0 Å². The summed E-state index contributed by atoms with van der Waals surface area (Å²) in [6, 6.07) is 30.7. The second-order valence-electron chi connectivity index (χ2n) is 7.24. The summed E-state index contributed by atoms with van der Waals surface area (Å²) in [6.45, 7) is 0. The fourth-order valence-electron chi connectivity index (χ4n) is 4.37. The lowest BCUT2D eigenvalue weighted by Gasteiger charge is -2.05. The van der Waals surface area contributed by atoms with E-state index in [1.54, 1.807) is 0 Å². The standard InChI is InChI=1S/C24H18N2P2/c27-25-21-7-3-1-5-17(21)19-13-15(9-11-23(19)25)16-10-12-24-20(14-16)18-6-2-4-8-22(18)26(24)28/h1-14H,27-28H2. The zero-order valence-electron chi connectivity index (χ0n) is 15.1. The van der Waals surface area contributed by atoms with Gasteiger partial charge in [0.2, 0.25) is 0 Å². The molecule has 0 fully saturated rings. The Bertz CT molecular complexity index is 1420. The lowest BCUT2D eigenvalue weighted by Crippen LogP contribution is -1.81. The molecule has 28 heavy (non-hydrogen) atoms. The predicted octanol–water partition coefficient (Wildman–Crippen LogP) is 6.85. The van der Waals surface area contributed by atoms with Gasteiger partial charge in [0.05, 0.1) is 22.1 Å². The van der Waals surface area contributed by atoms with Gasteiger partial charge in [0.15, 0.2) is 0 Å². The molecule has 0 amide bonds. The number of nitrogens with zero attached hydrogens (tertiary/aromatic N) is 2. The van der Waals surface area contributed by atoms with Crippen LogP contribution in [0, 0.1) is 0 Å². The summed E-state index contributed by atoms with van der Waals surface area (Å²) in [6.07, 6.45) is 0. The number of hydrogen-bond donors (Lipinski definition) is 0. The van der Waals surface area contributed by atoms with E-state index >= 15 is 0 Å². The van der Waals surface area contributed by atoms with Crippen molar-refractivity contribution in [2.75, 3.05) is 0 Å². The van der Waals surface area contributed by atoms with E-state index in [4.69, 9.17) is 0 Å². The second-order valence-corrected chi connectivity index (χ2v) is 8.27. The van der Waals surface area contributed by atoms with Crippen LogP contribution in [0.15, 0.2) is 84.9 Å². The molecule has 6 aromatic rings. The van der Waals surface area contributed by atoms with Crippen LogP contribution in [0.1, 0.15) is 0 Å². The minimum atomic E-state index is 1.23. The summed E-state index contributed by atoms with van der Waals surface area (Å²) < 4.78 is 4.39. The van der Waals surface area contributed by atoms with Gasteiger partial charge in [-0.05, 0) is 66.3 Å². The summed E-state index contributed by atoms with van der Waals surface area (Å²) >= 11 is 0. The normalized spacial score (nSPS) is 11.9. The second kappa shape index (κ2) is 5.92. The van der Waals surface area contributed by atoms with Crippen molar-refractivity contribution in [3.05, 3.63) is 84.9 Å². The molecule has 0 radical (unpaired) electrons. The van der Waals surface area contributed by atoms with Gasteiger partial charge in [-0.25, -0.2) is 0 Å². The van der Waals surface area contributed by atoms with Crippen LogP contribution in [-0.4, -0.2) is 8.68 Å². The molecule has 0 aliphatic heterocycles. The van der Waals surface area contributed by atoms with Crippen molar-refractivity contribution in [1.82, 2.24) is 8.68 Å². The van der Waals surface area contributed by atoms with E-state index < -0.39 is 0 Å². The third kappa shape index (κ3) is 2.17. The van der Waals surface area contributed by atoms with Crippen molar-refractivity contribution >= 4 is 62.4 Å². The maximum Gasteiger partial charge on any atom is 0.0521 e. The van der Waals surface area contributed by atoms with Crippen molar-refractivity contribution < 1.29 is 0 Å². The molecule has 4 heteroatoms. The molecule has 0 N–H and O–H groups in total. The zero-order valence-corrected chi connectivity index (χ0v) is 17.4. The number of fused-ring (bicyclic) bond motifs is 6. The Labute approximate surface area is 167 Å². The fraction of sp³-hybridized carbons (Fsp3) is 0. The molecule has 2 aromatic heterocycles. The highest BCUT2D eigenvalue weighted by Gasteiger charge is 2.12. The quantitative estimate of drug-likeness (QED) is 0.269. The van der Waals surface area contributed by atoms with Gasteiger partial charge in [-0.3, -0.25) is 0 Å². The van der Waals surface area contributed by atoms with Crippen LogP contribution in [0.2, 0.25) is 0 Å². The Morgan fingerprint density at radius 1 is 0.429 bits per heavy atom. The van der Waals surface area contributed by atoms with Crippen molar-refractivity contribution in [3.8, 4) is 11.1 Å². The van der Waals surface area contributed by atoms with Gasteiger partial charge >= 0.3 is 0 Å². The molecule has 0 aliphatic rings. The molecule has 0 spiro atoms. The summed E-state index contributed by atoms with van der Waals surface area (Å²) in [5.41, 5.74) is 7.44. The maximum atomic E-state index is 2.84. The van der Waals surface area contributed by atoms with Crippen molar-refractivity contribution in [2.45, 2.75) is 0 Å². The molecule has 2 unspecified atom stereocenters. The van der Waals surface area contributed by atoms with E-state index in [0.717, 1.165) is 0 Å². The predicted molar refractivity (Wildman–Crippen MR) is 128 cm³/mol. The van der Waals surface area contributed by atoms with E-state index in [9.17, 15) is 0 Å². The Balaban J connectivity index is 1.63. The molecule has 6 rings (SSSR count). The summed E-state index contributed by atoms with van der Waals surface area (Å²) in [7, 11) is 5.68. The molecule has 134 valence electrons. The van der Waals surface area contributed by atoms with E-state index in [1.807, 2.05) is 0 Å². The number of hydrogen-bond acceptors (Lipinski definition) is 0. The minimum absolute atomic E-state index is 1.23. The topological polar surface area (TPSA) is 9.86 Å². The van der Waals surface area contributed by atoms with Crippen molar-refractivity contribution in [3.63, 3.8) is 0 Å². The number of aromatic nitrogens is 2. The van der Waals surface area contributed by atoms with Gasteiger partial charge in [0.1, 0.15) is 0 Å². The van der Waals surface area contributed by atoms with Crippen LogP contribution in [-0.2, 0) is 0 Å². The van der Waals surface area contributed by atoms with Gasteiger partial charge in [-0.15, -0.1) is 0 Å². The third-order valence-corrected chi connectivity index (χ3v) is 6.87. The molecule has 0 saturated heterocycles. The first kappa shape index (κ1) is 16.3. The molecular formula is C24H18N2P2. The third-order valence-electron chi connectivity index (χ3n) is 5.75. The van der Waals surface area contributed by atoms with Crippen LogP contribution in [0.25, 0.3) is 54.7 Å². The molecule has 0 saturated carbocycles. The van der Waals surface area contributed by atoms with Crippen LogP contribution < -0.4 is 0 Å².